The van der Waals surface area contributed by atoms with E-state index in [-0.39, 0.29) is 23.8 Å². The third kappa shape index (κ3) is 2.71. The number of aromatic nitrogens is 1. The quantitative estimate of drug-likeness (QED) is 0.792. The molecule has 0 radical (unpaired) electrons. The summed E-state index contributed by atoms with van der Waals surface area (Å²) in [6.07, 6.45) is 0.564. The van der Waals surface area contributed by atoms with Gasteiger partial charge in [0.15, 0.2) is 0 Å². The van der Waals surface area contributed by atoms with Gasteiger partial charge in [0.05, 0.1) is 0 Å². The molecule has 1 aromatic heterocycles. The molecule has 2 N–H and O–H groups in total. The Morgan fingerprint density at radius 2 is 1.88 bits per heavy atom. The summed E-state index contributed by atoms with van der Waals surface area (Å²) in [4.78, 5) is 52.1. The fraction of sp³-hybridized carbons (Fsp3) is 0.263. The van der Waals surface area contributed by atoms with Crippen LogP contribution in [0.3, 0.4) is 0 Å². The average Bonchev–Trinajstić information content (AvgIpc) is 2.90. The van der Waals surface area contributed by atoms with Crippen LogP contribution in [0.5, 0.6) is 0 Å². The number of rotatable bonds is 2. The maximum atomic E-state index is 12.7. The van der Waals surface area contributed by atoms with Gasteiger partial charge in [-0.2, -0.15) is 0 Å². The molecule has 132 valence electrons. The predicted octanol–water partition coefficient (Wildman–Crippen LogP) is 1.11. The minimum Gasteiger partial charge on any atom is -0.322 e. The van der Waals surface area contributed by atoms with Crippen LogP contribution in [-0.4, -0.2) is 33.6 Å². The highest BCUT2D eigenvalue weighted by Gasteiger charge is 2.39. The molecule has 3 amide bonds. The Morgan fingerprint density at radius 3 is 2.62 bits per heavy atom. The number of aryl methyl sites for hydroxylation is 1. The van der Waals surface area contributed by atoms with Crippen LogP contribution in [0, 0.1) is 6.92 Å². The number of hydrogen-bond acceptors (Lipinski definition) is 4. The van der Waals surface area contributed by atoms with E-state index in [0.717, 1.165) is 16.7 Å². The average molecular weight is 351 g/mol. The normalized spacial score (nSPS) is 19.5. The van der Waals surface area contributed by atoms with E-state index in [1.165, 1.54) is 11.0 Å². The molecule has 2 aromatic rings. The van der Waals surface area contributed by atoms with Crippen molar-refractivity contribution in [3.05, 3.63) is 57.4 Å². The van der Waals surface area contributed by atoms with Gasteiger partial charge >= 0.3 is 0 Å². The molecule has 2 aliphatic heterocycles. The zero-order valence-electron chi connectivity index (χ0n) is 14.2. The number of benzene rings is 1. The van der Waals surface area contributed by atoms with Crippen LogP contribution in [0.15, 0.2) is 35.1 Å². The largest absolute Gasteiger partial charge is 0.322 e. The Kier molecular flexibility index (Phi) is 3.72. The number of H-pyrrole nitrogens is 1. The minimum absolute atomic E-state index is 0.179. The smallest absolute Gasteiger partial charge is 0.255 e. The Morgan fingerprint density at radius 1 is 1.08 bits per heavy atom. The van der Waals surface area contributed by atoms with Crippen LogP contribution in [0.4, 0.5) is 0 Å². The molecule has 0 bridgehead atoms. The van der Waals surface area contributed by atoms with E-state index in [0.29, 0.717) is 24.2 Å². The number of carbonyl (C=O) groups excluding carboxylic acids is 3. The van der Waals surface area contributed by atoms with Crippen LogP contribution >= 0.6 is 0 Å². The number of fused-ring (bicyclic) bond motifs is 1. The zero-order chi connectivity index (χ0) is 18.4. The molecule has 7 heteroatoms. The molecule has 3 heterocycles. The van der Waals surface area contributed by atoms with Crippen molar-refractivity contribution in [3.63, 3.8) is 0 Å². The van der Waals surface area contributed by atoms with Crippen LogP contribution in [0.1, 0.15) is 34.3 Å². The first-order valence-corrected chi connectivity index (χ1v) is 8.41. The third-order valence-corrected chi connectivity index (χ3v) is 4.82. The van der Waals surface area contributed by atoms with Crippen molar-refractivity contribution < 1.29 is 14.4 Å². The van der Waals surface area contributed by atoms with E-state index >= 15 is 0 Å². The van der Waals surface area contributed by atoms with Crippen molar-refractivity contribution in [1.29, 1.82) is 0 Å². The van der Waals surface area contributed by atoms with Crippen LogP contribution in [0.2, 0.25) is 0 Å². The van der Waals surface area contributed by atoms with Gasteiger partial charge < -0.3 is 9.88 Å². The maximum Gasteiger partial charge on any atom is 0.255 e. The molecule has 4 rings (SSSR count). The van der Waals surface area contributed by atoms with Crippen molar-refractivity contribution in [2.75, 3.05) is 0 Å². The van der Waals surface area contributed by atoms with Crippen molar-refractivity contribution in [2.45, 2.75) is 32.4 Å². The summed E-state index contributed by atoms with van der Waals surface area (Å²) in [5.74, 6) is -0.939. The van der Waals surface area contributed by atoms with Gasteiger partial charge in [-0.1, -0.05) is 6.07 Å². The number of carbonyl (C=O) groups is 3. The van der Waals surface area contributed by atoms with Gasteiger partial charge in [-0.05, 0) is 48.2 Å². The van der Waals surface area contributed by atoms with Crippen LogP contribution in [-0.2, 0) is 16.1 Å². The molecule has 1 atom stereocenters. The van der Waals surface area contributed by atoms with Gasteiger partial charge in [0.1, 0.15) is 6.04 Å². The molecule has 1 fully saturated rings. The Balaban J connectivity index is 1.65. The number of pyridine rings is 1. The van der Waals surface area contributed by atoms with E-state index < -0.39 is 11.9 Å². The highest BCUT2D eigenvalue weighted by atomic mass is 16.2. The summed E-state index contributed by atoms with van der Waals surface area (Å²) in [5, 5.41) is 2.29. The number of imide groups is 1. The van der Waals surface area contributed by atoms with E-state index in [4.69, 9.17) is 0 Å². The summed E-state index contributed by atoms with van der Waals surface area (Å²) < 4.78 is 0. The lowest BCUT2D eigenvalue weighted by Crippen LogP contribution is -2.52. The highest BCUT2D eigenvalue weighted by molar-refractivity contribution is 6.05. The SMILES string of the molecule is Cc1cc(-c2ccc3c(c2)CN(C2CCC(=O)NC2=O)C3=O)[nH]c(=O)c1. The number of nitrogens with one attached hydrogen (secondary N) is 2. The molecule has 0 spiro atoms. The standard InChI is InChI=1S/C19H17N3O4/c1-10-6-14(20-17(24)7-10)11-2-3-13-12(8-11)9-22(19(13)26)15-4-5-16(23)21-18(15)25/h2-3,6-8,15H,4-5,9H2,1H3,(H,20,24)(H,21,23,25). The van der Waals surface area contributed by atoms with Gasteiger partial charge in [-0.15, -0.1) is 0 Å². The molecule has 26 heavy (non-hydrogen) atoms. The lowest BCUT2D eigenvalue weighted by Gasteiger charge is -2.29. The van der Waals surface area contributed by atoms with Gasteiger partial charge in [0.2, 0.25) is 17.4 Å². The first-order valence-electron chi connectivity index (χ1n) is 8.41. The molecule has 1 unspecified atom stereocenters. The predicted molar refractivity (Wildman–Crippen MR) is 93.3 cm³/mol. The molecule has 0 saturated carbocycles. The Hall–Kier alpha value is -3.22. The number of hydrogen-bond donors (Lipinski definition) is 2. The van der Waals surface area contributed by atoms with Crippen LogP contribution in [0.25, 0.3) is 11.3 Å². The summed E-state index contributed by atoms with van der Waals surface area (Å²) in [5.41, 5.74) is 3.52. The Labute approximate surface area is 149 Å². The monoisotopic (exact) mass is 351 g/mol. The first-order chi connectivity index (χ1) is 12.4. The summed E-state index contributed by atoms with van der Waals surface area (Å²) in [6, 6.07) is 8.14. The summed E-state index contributed by atoms with van der Waals surface area (Å²) in [6.45, 7) is 2.16. The first kappa shape index (κ1) is 16.3. The van der Waals surface area contributed by atoms with Gasteiger partial charge in [-0.25, -0.2) is 0 Å². The van der Waals surface area contributed by atoms with E-state index in [1.807, 2.05) is 19.1 Å². The number of amides is 3. The minimum atomic E-state index is -0.630. The second-order valence-corrected chi connectivity index (χ2v) is 6.71. The fourth-order valence-electron chi connectivity index (χ4n) is 3.58. The van der Waals surface area contributed by atoms with E-state index in [9.17, 15) is 19.2 Å². The summed E-state index contributed by atoms with van der Waals surface area (Å²) >= 11 is 0. The Bertz CT molecular complexity index is 1010. The lowest BCUT2D eigenvalue weighted by atomic mass is 10.0. The van der Waals surface area contributed by atoms with Crippen molar-refractivity contribution in [2.24, 2.45) is 0 Å². The number of nitrogens with zero attached hydrogens (tertiary/aromatic N) is 1. The number of aromatic amines is 1. The lowest BCUT2D eigenvalue weighted by molar-refractivity contribution is -0.136. The van der Waals surface area contributed by atoms with Gasteiger partial charge in [0, 0.05) is 30.3 Å². The summed E-state index contributed by atoms with van der Waals surface area (Å²) in [7, 11) is 0. The molecule has 0 aliphatic carbocycles. The molecule has 1 saturated heterocycles. The number of piperidine rings is 1. The molecule has 2 aliphatic rings. The van der Waals surface area contributed by atoms with Gasteiger partial charge in [0.25, 0.3) is 5.91 Å². The maximum absolute atomic E-state index is 12.7. The molecular formula is C19H17N3O4. The van der Waals surface area contributed by atoms with Crippen molar-refractivity contribution >= 4 is 17.7 Å². The van der Waals surface area contributed by atoms with Crippen molar-refractivity contribution in [3.8, 4) is 11.3 Å². The van der Waals surface area contributed by atoms with E-state index in [2.05, 4.69) is 10.3 Å². The zero-order valence-corrected chi connectivity index (χ0v) is 14.2. The molecule has 7 nitrogen and oxygen atoms in total. The second-order valence-electron chi connectivity index (χ2n) is 6.71. The topological polar surface area (TPSA) is 99.3 Å². The van der Waals surface area contributed by atoms with E-state index in [1.54, 1.807) is 12.1 Å². The van der Waals surface area contributed by atoms with Gasteiger partial charge in [-0.3, -0.25) is 24.5 Å². The highest BCUT2D eigenvalue weighted by Crippen LogP contribution is 2.30. The molecular weight excluding hydrogens is 334 g/mol. The van der Waals surface area contributed by atoms with Crippen LogP contribution < -0.4 is 10.9 Å². The molecule has 1 aromatic carbocycles. The van der Waals surface area contributed by atoms with Crippen molar-refractivity contribution in [1.82, 2.24) is 15.2 Å². The second kappa shape index (κ2) is 5.94. The fourth-order valence-corrected chi connectivity index (χ4v) is 3.58. The third-order valence-electron chi connectivity index (χ3n) is 4.82.